The fourth-order valence-electron chi connectivity index (χ4n) is 1.45. The summed E-state index contributed by atoms with van der Waals surface area (Å²) in [6.07, 6.45) is 1.78. The number of ether oxygens (including phenoxy) is 1. The van der Waals surface area contributed by atoms with Crippen molar-refractivity contribution in [1.29, 1.82) is 5.26 Å². The minimum absolute atomic E-state index is 0.214. The molecule has 0 unspecified atom stereocenters. The van der Waals surface area contributed by atoms with Gasteiger partial charge in [-0.3, -0.25) is 4.79 Å². The lowest BCUT2D eigenvalue weighted by Gasteiger charge is -2.21. The van der Waals surface area contributed by atoms with Crippen LogP contribution < -0.4 is 5.73 Å². The average Bonchev–Trinajstić information content (AvgIpc) is 2.39. The van der Waals surface area contributed by atoms with Gasteiger partial charge in [0.25, 0.3) is 5.91 Å². The van der Waals surface area contributed by atoms with E-state index in [1.54, 1.807) is 19.2 Å². The maximum Gasteiger partial charge on any atom is 0.274 e. The molecule has 0 atom stereocenters. The number of carbonyl (C=O) groups is 1. The lowest BCUT2D eigenvalue weighted by Crippen LogP contribution is -2.35. The van der Waals surface area contributed by atoms with Crippen molar-refractivity contribution >= 4 is 11.6 Å². The normalized spacial score (nSPS) is 9.78. The van der Waals surface area contributed by atoms with Crippen molar-refractivity contribution in [1.82, 2.24) is 9.88 Å². The first kappa shape index (κ1) is 13.9. The number of methoxy groups -OCH3 is 1. The van der Waals surface area contributed by atoms with E-state index in [9.17, 15) is 4.79 Å². The lowest BCUT2D eigenvalue weighted by molar-refractivity contribution is 0.0695. The number of nitrogens with two attached hydrogens (primary N) is 1. The molecule has 0 saturated heterocycles. The number of anilines is 1. The van der Waals surface area contributed by atoms with Gasteiger partial charge in [0.15, 0.2) is 5.69 Å². The van der Waals surface area contributed by atoms with Crippen molar-refractivity contribution in [3.63, 3.8) is 0 Å². The topological polar surface area (TPSA) is 92.2 Å². The molecule has 0 fully saturated rings. The van der Waals surface area contributed by atoms with Crippen LogP contribution in [0, 0.1) is 11.3 Å². The third kappa shape index (κ3) is 3.71. The summed E-state index contributed by atoms with van der Waals surface area (Å²) < 4.78 is 4.94. The molecule has 0 aromatic carbocycles. The molecule has 1 rings (SSSR count). The number of aromatic nitrogens is 1. The molecule has 0 spiro atoms. The highest BCUT2D eigenvalue weighted by Gasteiger charge is 2.18. The second-order valence-corrected chi connectivity index (χ2v) is 3.63. The molecule has 1 aromatic rings. The second-order valence-electron chi connectivity index (χ2n) is 3.63. The van der Waals surface area contributed by atoms with Gasteiger partial charge in [-0.05, 0) is 12.1 Å². The van der Waals surface area contributed by atoms with Crippen LogP contribution in [0.15, 0.2) is 18.3 Å². The van der Waals surface area contributed by atoms with E-state index < -0.39 is 0 Å². The first-order chi connectivity index (χ1) is 8.70. The molecule has 6 nitrogen and oxygen atoms in total. The minimum Gasteiger partial charge on any atom is -0.397 e. The van der Waals surface area contributed by atoms with Crippen LogP contribution in [-0.2, 0) is 4.74 Å². The van der Waals surface area contributed by atoms with Crippen molar-refractivity contribution in [2.24, 2.45) is 0 Å². The van der Waals surface area contributed by atoms with Crippen molar-refractivity contribution < 1.29 is 9.53 Å². The summed E-state index contributed by atoms with van der Waals surface area (Å²) in [7, 11) is 1.56. The van der Waals surface area contributed by atoms with E-state index in [4.69, 9.17) is 15.7 Å². The maximum absolute atomic E-state index is 12.2. The van der Waals surface area contributed by atoms with Crippen LogP contribution in [0.1, 0.15) is 16.9 Å². The molecule has 1 heterocycles. The fraction of sp³-hybridized carbons (Fsp3) is 0.417. The van der Waals surface area contributed by atoms with Gasteiger partial charge in [0.1, 0.15) is 0 Å². The third-order valence-electron chi connectivity index (χ3n) is 2.39. The van der Waals surface area contributed by atoms with Gasteiger partial charge in [-0.2, -0.15) is 5.26 Å². The molecule has 2 N–H and O–H groups in total. The molecular weight excluding hydrogens is 232 g/mol. The number of pyridine rings is 1. The first-order valence-corrected chi connectivity index (χ1v) is 5.56. The van der Waals surface area contributed by atoms with Gasteiger partial charge in [0.05, 0.1) is 24.8 Å². The predicted molar refractivity (Wildman–Crippen MR) is 66.7 cm³/mol. The summed E-state index contributed by atoms with van der Waals surface area (Å²) in [5.74, 6) is -0.277. The zero-order valence-electron chi connectivity index (χ0n) is 10.3. The van der Waals surface area contributed by atoms with E-state index in [0.29, 0.717) is 25.4 Å². The maximum atomic E-state index is 12.2. The second kappa shape index (κ2) is 7.25. The van der Waals surface area contributed by atoms with Crippen LogP contribution in [0.5, 0.6) is 0 Å². The molecule has 96 valence electrons. The van der Waals surface area contributed by atoms with Crippen LogP contribution in [0.3, 0.4) is 0 Å². The Morgan fingerprint density at radius 1 is 1.61 bits per heavy atom. The summed E-state index contributed by atoms with van der Waals surface area (Å²) >= 11 is 0. The lowest BCUT2D eigenvalue weighted by atomic mass is 10.2. The highest BCUT2D eigenvalue weighted by atomic mass is 16.5. The number of rotatable bonds is 6. The average molecular weight is 248 g/mol. The van der Waals surface area contributed by atoms with Gasteiger partial charge >= 0.3 is 0 Å². The smallest absolute Gasteiger partial charge is 0.274 e. The molecule has 1 amide bonds. The van der Waals surface area contributed by atoms with E-state index in [1.165, 1.54) is 11.1 Å². The number of hydrogen-bond acceptors (Lipinski definition) is 5. The quantitative estimate of drug-likeness (QED) is 0.798. The molecule has 0 aliphatic rings. The van der Waals surface area contributed by atoms with Crippen LogP contribution in [-0.4, -0.2) is 42.6 Å². The Morgan fingerprint density at radius 3 is 3.00 bits per heavy atom. The van der Waals surface area contributed by atoms with Gasteiger partial charge in [-0.25, -0.2) is 4.98 Å². The zero-order valence-corrected chi connectivity index (χ0v) is 10.3. The number of amides is 1. The number of carbonyl (C=O) groups excluding carboxylic acids is 1. The monoisotopic (exact) mass is 248 g/mol. The van der Waals surface area contributed by atoms with E-state index in [0.717, 1.165) is 0 Å². The van der Waals surface area contributed by atoms with Gasteiger partial charge in [0, 0.05) is 26.4 Å². The Balaban J connectivity index is 2.81. The van der Waals surface area contributed by atoms with Crippen LogP contribution in [0.2, 0.25) is 0 Å². The summed E-state index contributed by atoms with van der Waals surface area (Å²) in [6, 6.07) is 5.30. The Labute approximate surface area is 106 Å². The summed E-state index contributed by atoms with van der Waals surface area (Å²) in [4.78, 5) is 17.7. The Hall–Kier alpha value is -2.13. The van der Waals surface area contributed by atoms with Gasteiger partial charge in [-0.15, -0.1) is 0 Å². The summed E-state index contributed by atoms with van der Waals surface area (Å²) in [5, 5.41) is 8.59. The number of nitrogen functional groups attached to an aromatic ring is 1. The van der Waals surface area contributed by atoms with E-state index in [1.807, 2.05) is 6.07 Å². The van der Waals surface area contributed by atoms with Crippen molar-refractivity contribution in [2.75, 3.05) is 32.5 Å². The van der Waals surface area contributed by atoms with Gasteiger partial charge < -0.3 is 15.4 Å². The number of nitriles is 1. The van der Waals surface area contributed by atoms with Crippen LogP contribution in [0.25, 0.3) is 0 Å². The molecule has 18 heavy (non-hydrogen) atoms. The molecular formula is C12H16N4O2. The highest BCUT2D eigenvalue weighted by Crippen LogP contribution is 2.10. The summed E-state index contributed by atoms with van der Waals surface area (Å²) in [5.41, 5.74) is 6.26. The van der Waals surface area contributed by atoms with E-state index in [2.05, 4.69) is 4.98 Å². The molecule has 0 aliphatic carbocycles. The standard InChI is InChI=1S/C12H16N4O2/c1-18-9-8-16(7-3-5-13)12(17)11-10(14)4-2-6-15-11/h2,4,6H,3,7-9,14H2,1H3. The van der Waals surface area contributed by atoms with Crippen molar-refractivity contribution in [3.8, 4) is 6.07 Å². The molecule has 1 aromatic heterocycles. The van der Waals surface area contributed by atoms with Crippen LogP contribution >= 0.6 is 0 Å². The van der Waals surface area contributed by atoms with E-state index >= 15 is 0 Å². The SMILES string of the molecule is COCCN(CCC#N)C(=O)c1ncccc1N. The fourth-order valence-corrected chi connectivity index (χ4v) is 1.45. The summed E-state index contributed by atoms with van der Waals surface area (Å²) in [6.45, 7) is 1.16. The van der Waals surface area contributed by atoms with Crippen LogP contribution in [0.4, 0.5) is 5.69 Å². The molecule has 0 aliphatic heterocycles. The molecule has 0 radical (unpaired) electrons. The molecule has 0 bridgehead atoms. The van der Waals surface area contributed by atoms with E-state index in [-0.39, 0.29) is 18.0 Å². The minimum atomic E-state index is -0.277. The molecule has 0 saturated carbocycles. The van der Waals surface area contributed by atoms with Gasteiger partial charge in [-0.1, -0.05) is 0 Å². The Bertz CT molecular complexity index is 442. The largest absolute Gasteiger partial charge is 0.397 e. The first-order valence-electron chi connectivity index (χ1n) is 5.56. The predicted octanol–water partition coefficient (Wildman–Crippen LogP) is 0.666. The highest BCUT2D eigenvalue weighted by molar-refractivity contribution is 5.97. The Kier molecular flexibility index (Phi) is 5.61. The van der Waals surface area contributed by atoms with Crippen molar-refractivity contribution in [3.05, 3.63) is 24.0 Å². The molecule has 6 heteroatoms. The Morgan fingerprint density at radius 2 is 2.39 bits per heavy atom. The van der Waals surface area contributed by atoms with Crippen molar-refractivity contribution in [2.45, 2.75) is 6.42 Å². The zero-order chi connectivity index (χ0) is 13.4. The van der Waals surface area contributed by atoms with Gasteiger partial charge in [0.2, 0.25) is 0 Å². The number of hydrogen-bond donors (Lipinski definition) is 1. The number of nitrogens with zero attached hydrogens (tertiary/aromatic N) is 3. The third-order valence-corrected chi connectivity index (χ3v) is 2.39.